The summed E-state index contributed by atoms with van der Waals surface area (Å²) in [6, 6.07) is 10.7. The monoisotopic (exact) mass is 215 g/mol. The Morgan fingerprint density at radius 1 is 1.12 bits per heavy atom. The third kappa shape index (κ3) is 2.04. The summed E-state index contributed by atoms with van der Waals surface area (Å²) in [6.45, 7) is 5.67. The molecule has 0 saturated carbocycles. The Hall–Kier alpha value is -1.88. The lowest BCUT2D eigenvalue weighted by Crippen LogP contribution is -1.88. The minimum atomic E-state index is -0.236. The molecule has 1 nitrogen and oxygen atoms in total. The van der Waals surface area contributed by atoms with E-state index in [-0.39, 0.29) is 5.82 Å². The standard InChI is InChI=1S/C12H8FN.C2H6/c1-8-6-9(7-14)10-4-2-3-5-11(10)12(8)13;1-2/h2-6H,1H3;1-2H3. The van der Waals surface area contributed by atoms with Gasteiger partial charge in [-0.1, -0.05) is 38.1 Å². The van der Waals surface area contributed by atoms with Gasteiger partial charge in [0.2, 0.25) is 0 Å². The molecule has 0 aliphatic carbocycles. The number of hydrogen-bond donors (Lipinski definition) is 0. The van der Waals surface area contributed by atoms with E-state index in [1.54, 1.807) is 37.3 Å². The Morgan fingerprint density at radius 2 is 1.69 bits per heavy atom. The van der Waals surface area contributed by atoms with Gasteiger partial charge in [-0.15, -0.1) is 0 Å². The lowest BCUT2D eigenvalue weighted by molar-refractivity contribution is 0.630. The van der Waals surface area contributed by atoms with Crippen LogP contribution in [-0.4, -0.2) is 0 Å². The molecule has 0 saturated heterocycles. The minimum absolute atomic E-state index is 0.236. The Morgan fingerprint density at radius 3 is 2.25 bits per heavy atom. The van der Waals surface area contributed by atoms with Gasteiger partial charge >= 0.3 is 0 Å². The van der Waals surface area contributed by atoms with Crippen LogP contribution in [0.25, 0.3) is 10.8 Å². The lowest BCUT2D eigenvalue weighted by Gasteiger charge is -2.04. The number of benzene rings is 2. The zero-order valence-electron chi connectivity index (χ0n) is 9.71. The van der Waals surface area contributed by atoms with E-state index < -0.39 is 0 Å². The molecular formula is C14H14FN. The molecule has 2 aromatic rings. The highest BCUT2D eigenvalue weighted by atomic mass is 19.1. The van der Waals surface area contributed by atoms with E-state index in [1.807, 2.05) is 13.8 Å². The highest BCUT2D eigenvalue weighted by Gasteiger charge is 2.07. The zero-order valence-corrected chi connectivity index (χ0v) is 9.71. The smallest absolute Gasteiger partial charge is 0.134 e. The molecule has 0 heterocycles. The van der Waals surface area contributed by atoms with Gasteiger partial charge in [0.1, 0.15) is 5.82 Å². The third-order valence-corrected chi connectivity index (χ3v) is 2.28. The van der Waals surface area contributed by atoms with Crippen LogP contribution in [0.4, 0.5) is 4.39 Å². The van der Waals surface area contributed by atoms with E-state index in [9.17, 15) is 4.39 Å². The number of halogens is 1. The topological polar surface area (TPSA) is 23.8 Å². The Balaban J connectivity index is 0.000000606. The van der Waals surface area contributed by atoms with Crippen LogP contribution in [0.2, 0.25) is 0 Å². The number of rotatable bonds is 0. The van der Waals surface area contributed by atoms with E-state index in [1.165, 1.54) is 0 Å². The van der Waals surface area contributed by atoms with E-state index in [0.29, 0.717) is 21.9 Å². The lowest BCUT2D eigenvalue weighted by atomic mass is 10.0. The number of aryl methyl sites for hydroxylation is 1. The molecule has 0 aliphatic heterocycles. The van der Waals surface area contributed by atoms with Crippen molar-refractivity contribution in [3.63, 3.8) is 0 Å². The first-order chi connectivity index (χ1) is 7.74. The predicted molar refractivity (Wildman–Crippen MR) is 64.7 cm³/mol. The quantitative estimate of drug-likeness (QED) is 0.646. The first kappa shape index (κ1) is 12.2. The van der Waals surface area contributed by atoms with Crippen LogP contribution in [0.1, 0.15) is 25.0 Å². The molecule has 0 aromatic heterocycles. The molecule has 2 aromatic carbocycles. The first-order valence-corrected chi connectivity index (χ1v) is 5.32. The Kier molecular flexibility index (Phi) is 4.02. The van der Waals surface area contributed by atoms with Crippen LogP contribution < -0.4 is 0 Å². The molecular weight excluding hydrogens is 201 g/mol. The molecule has 0 fully saturated rings. The van der Waals surface area contributed by atoms with Crippen molar-refractivity contribution in [3.05, 3.63) is 47.3 Å². The summed E-state index contributed by atoms with van der Waals surface area (Å²) >= 11 is 0. The van der Waals surface area contributed by atoms with Crippen molar-refractivity contribution >= 4 is 10.8 Å². The maximum Gasteiger partial charge on any atom is 0.134 e. The number of fused-ring (bicyclic) bond motifs is 1. The average molecular weight is 215 g/mol. The van der Waals surface area contributed by atoms with Gasteiger partial charge in [-0.3, -0.25) is 0 Å². The summed E-state index contributed by atoms with van der Waals surface area (Å²) in [5.41, 5.74) is 1.04. The fraction of sp³-hybridized carbons (Fsp3) is 0.214. The molecule has 2 heteroatoms. The SMILES string of the molecule is CC.Cc1cc(C#N)c2ccccc2c1F. The fourth-order valence-electron chi connectivity index (χ4n) is 1.57. The second kappa shape index (κ2) is 5.27. The van der Waals surface area contributed by atoms with E-state index >= 15 is 0 Å². The maximum atomic E-state index is 13.6. The van der Waals surface area contributed by atoms with Crippen LogP contribution in [0, 0.1) is 24.1 Å². The van der Waals surface area contributed by atoms with Crippen molar-refractivity contribution in [1.29, 1.82) is 5.26 Å². The van der Waals surface area contributed by atoms with Crippen molar-refractivity contribution in [2.24, 2.45) is 0 Å². The van der Waals surface area contributed by atoms with Gasteiger partial charge in [0.25, 0.3) is 0 Å². The molecule has 0 amide bonds. The summed E-state index contributed by atoms with van der Waals surface area (Å²) in [7, 11) is 0. The second-order valence-corrected chi connectivity index (χ2v) is 3.21. The molecule has 16 heavy (non-hydrogen) atoms. The molecule has 0 atom stereocenters. The van der Waals surface area contributed by atoms with Crippen LogP contribution >= 0.6 is 0 Å². The zero-order chi connectivity index (χ0) is 12.1. The molecule has 0 aliphatic rings. The van der Waals surface area contributed by atoms with Crippen molar-refractivity contribution in [2.45, 2.75) is 20.8 Å². The van der Waals surface area contributed by atoms with Crippen LogP contribution in [0.3, 0.4) is 0 Å². The van der Waals surface area contributed by atoms with Gasteiger partial charge in [0, 0.05) is 10.8 Å². The summed E-state index contributed by atoms with van der Waals surface area (Å²) in [5, 5.41) is 10.1. The molecule has 82 valence electrons. The highest BCUT2D eigenvalue weighted by molar-refractivity contribution is 5.89. The highest BCUT2D eigenvalue weighted by Crippen LogP contribution is 2.23. The number of nitriles is 1. The first-order valence-electron chi connectivity index (χ1n) is 5.32. The van der Waals surface area contributed by atoms with E-state index in [0.717, 1.165) is 0 Å². The normalized spacial score (nSPS) is 9.19. The second-order valence-electron chi connectivity index (χ2n) is 3.21. The van der Waals surface area contributed by atoms with Gasteiger partial charge in [0.15, 0.2) is 0 Å². The fourth-order valence-corrected chi connectivity index (χ4v) is 1.57. The minimum Gasteiger partial charge on any atom is -0.206 e. The average Bonchev–Trinajstić information content (AvgIpc) is 2.36. The van der Waals surface area contributed by atoms with Gasteiger partial charge in [0.05, 0.1) is 11.6 Å². The van der Waals surface area contributed by atoms with Crippen LogP contribution in [-0.2, 0) is 0 Å². The molecule has 0 unspecified atom stereocenters. The molecule has 0 spiro atoms. The van der Waals surface area contributed by atoms with Gasteiger partial charge in [-0.2, -0.15) is 5.26 Å². The molecule has 0 N–H and O–H groups in total. The Bertz CT molecular complexity index is 538. The van der Waals surface area contributed by atoms with Crippen molar-refractivity contribution in [1.82, 2.24) is 0 Å². The van der Waals surface area contributed by atoms with E-state index in [4.69, 9.17) is 5.26 Å². The summed E-state index contributed by atoms with van der Waals surface area (Å²) < 4.78 is 13.6. The third-order valence-electron chi connectivity index (χ3n) is 2.28. The summed E-state index contributed by atoms with van der Waals surface area (Å²) in [4.78, 5) is 0. The summed E-state index contributed by atoms with van der Waals surface area (Å²) in [6.07, 6.45) is 0. The Labute approximate surface area is 95.1 Å². The largest absolute Gasteiger partial charge is 0.206 e. The molecule has 0 bridgehead atoms. The van der Waals surface area contributed by atoms with Gasteiger partial charge in [-0.05, 0) is 18.6 Å². The van der Waals surface area contributed by atoms with Crippen molar-refractivity contribution < 1.29 is 4.39 Å². The predicted octanol–water partition coefficient (Wildman–Crippen LogP) is 4.19. The molecule has 2 rings (SSSR count). The van der Waals surface area contributed by atoms with Gasteiger partial charge in [-0.25, -0.2) is 4.39 Å². The maximum absolute atomic E-state index is 13.6. The van der Waals surface area contributed by atoms with Crippen molar-refractivity contribution in [2.75, 3.05) is 0 Å². The van der Waals surface area contributed by atoms with Gasteiger partial charge < -0.3 is 0 Å². The number of nitrogens with zero attached hydrogens (tertiary/aromatic N) is 1. The van der Waals surface area contributed by atoms with Crippen LogP contribution in [0.15, 0.2) is 30.3 Å². The number of hydrogen-bond acceptors (Lipinski definition) is 1. The van der Waals surface area contributed by atoms with E-state index in [2.05, 4.69) is 6.07 Å². The van der Waals surface area contributed by atoms with Crippen LogP contribution in [0.5, 0.6) is 0 Å². The van der Waals surface area contributed by atoms with Crippen molar-refractivity contribution in [3.8, 4) is 6.07 Å². The molecule has 0 radical (unpaired) electrons. The summed E-state index contributed by atoms with van der Waals surface area (Å²) in [5.74, 6) is -0.236.